The first-order chi connectivity index (χ1) is 9.79. The van der Waals surface area contributed by atoms with Crippen LogP contribution in [0.25, 0.3) is 0 Å². The molecule has 3 rings (SSSR count). The third-order valence-electron chi connectivity index (χ3n) is 3.67. The Morgan fingerprint density at radius 3 is 2.70 bits per heavy atom. The minimum absolute atomic E-state index is 0.138. The summed E-state index contributed by atoms with van der Waals surface area (Å²) >= 11 is 4.02. The standard InChI is InChI=1S/C14H20N2O2S2/c1-9-14(20-7-6-19-9)13(16-15)10-2-3-11-12(8-10)18-5-4-17-11/h2-3,8-9,13-14,16H,4-7,15H2,1H3. The minimum atomic E-state index is 0.138. The van der Waals surface area contributed by atoms with Crippen LogP contribution in [0.3, 0.4) is 0 Å². The van der Waals surface area contributed by atoms with Crippen LogP contribution < -0.4 is 20.7 Å². The molecule has 110 valence electrons. The van der Waals surface area contributed by atoms with Crippen molar-refractivity contribution in [1.82, 2.24) is 5.43 Å². The molecule has 0 bridgehead atoms. The second-order valence-electron chi connectivity index (χ2n) is 4.96. The third-order valence-corrected chi connectivity index (χ3v) is 6.87. The van der Waals surface area contributed by atoms with Crippen LogP contribution in [0, 0.1) is 0 Å². The van der Waals surface area contributed by atoms with E-state index in [9.17, 15) is 0 Å². The van der Waals surface area contributed by atoms with Crippen molar-refractivity contribution in [3.63, 3.8) is 0 Å². The van der Waals surface area contributed by atoms with E-state index in [-0.39, 0.29) is 6.04 Å². The lowest BCUT2D eigenvalue weighted by Crippen LogP contribution is -2.41. The van der Waals surface area contributed by atoms with Gasteiger partial charge in [0.1, 0.15) is 13.2 Å². The molecule has 6 heteroatoms. The summed E-state index contributed by atoms with van der Waals surface area (Å²) < 4.78 is 11.2. The van der Waals surface area contributed by atoms with Gasteiger partial charge < -0.3 is 9.47 Å². The molecule has 3 unspecified atom stereocenters. The van der Waals surface area contributed by atoms with Gasteiger partial charge in [-0.2, -0.15) is 23.5 Å². The molecule has 3 atom stereocenters. The van der Waals surface area contributed by atoms with Crippen LogP contribution in [0.4, 0.5) is 0 Å². The molecule has 0 amide bonds. The molecule has 0 aliphatic carbocycles. The number of hydrogen-bond donors (Lipinski definition) is 2. The molecule has 0 spiro atoms. The van der Waals surface area contributed by atoms with Crippen molar-refractivity contribution in [2.45, 2.75) is 23.5 Å². The van der Waals surface area contributed by atoms with Crippen molar-refractivity contribution in [2.24, 2.45) is 5.84 Å². The fourth-order valence-electron chi connectivity index (χ4n) is 2.65. The van der Waals surface area contributed by atoms with E-state index in [0.29, 0.717) is 23.7 Å². The van der Waals surface area contributed by atoms with Crippen molar-refractivity contribution in [1.29, 1.82) is 0 Å². The summed E-state index contributed by atoms with van der Waals surface area (Å²) in [6.45, 7) is 3.52. The maximum Gasteiger partial charge on any atom is 0.161 e. The smallest absolute Gasteiger partial charge is 0.161 e. The molecule has 20 heavy (non-hydrogen) atoms. The predicted molar refractivity (Wildman–Crippen MR) is 85.7 cm³/mol. The molecule has 1 aromatic carbocycles. The van der Waals surface area contributed by atoms with Crippen LogP contribution in [0.2, 0.25) is 0 Å². The molecule has 4 nitrogen and oxygen atoms in total. The van der Waals surface area contributed by atoms with Crippen molar-refractivity contribution in [3.05, 3.63) is 23.8 Å². The van der Waals surface area contributed by atoms with Gasteiger partial charge >= 0.3 is 0 Å². The fourth-order valence-corrected chi connectivity index (χ4v) is 5.58. The number of hydrogen-bond acceptors (Lipinski definition) is 6. The number of ether oxygens (including phenoxy) is 2. The van der Waals surface area contributed by atoms with Crippen molar-refractivity contribution in [2.75, 3.05) is 24.7 Å². The van der Waals surface area contributed by atoms with Gasteiger partial charge in [0.25, 0.3) is 0 Å². The fraction of sp³-hybridized carbons (Fsp3) is 0.571. The van der Waals surface area contributed by atoms with Crippen LogP contribution in [0.15, 0.2) is 18.2 Å². The van der Waals surface area contributed by atoms with Crippen LogP contribution in [0.1, 0.15) is 18.5 Å². The summed E-state index contributed by atoms with van der Waals surface area (Å²) in [4.78, 5) is 0. The Bertz CT molecular complexity index is 472. The Morgan fingerprint density at radius 1 is 1.20 bits per heavy atom. The number of benzene rings is 1. The van der Waals surface area contributed by atoms with E-state index in [1.807, 2.05) is 29.6 Å². The monoisotopic (exact) mass is 312 g/mol. The number of thioether (sulfide) groups is 2. The van der Waals surface area contributed by atoms with E-state index in [1.165, 1.54) is 17.1 Å². The molecule has 2 aliphatic rings. The maximum atomic E-state index is 5.83. The van der Waals surface area contributed by atoms with E-state index in [2.05, 4.69) is 24.5 Å². The van der Waals surface area contributed by atoms with Crippen molar-refractivity contribution >= 4 is 23.5 Å². The second kappa shape index (κ2) is 6.47. The highest BCUT2D eigenvalue weighted by molar-refractivity contribution is 8.07. The van der Waals surface area contributed by atoms with Crippen LogP contribution in [-0.2, 0) is 0 Å². The van der Waals surface area contributed by atoms with Gasteiger partial charge in [-0.15, -0.1) is 0 Å². The highest BCUT2D eigenvalue weighted by Crippen LogP contribution is 2.40. The first kappa shape index (κ1) is 14.4. The van der Waals surface area contributed by atoms with Crippen LogP contribution in [-0.4, -0.2) is 35.2 Å². The van der Waals surface area contributed by atoms with Gasteiger partial charge in [-0.05, 0) is 17.7 Å². The summed E-state index contributed by atoms with van der Waals surface area (Å²) in [6, 6.07) is 6.27. The molecule has 2 aliphatic heterocycles. The summed E-state index contributed by atoms with van der Waals surface area (Å²) in [5, 5.41) is 1.06. The highest BCUT2D eigenvalue weighted by Gasteiger charge is 2.31. The van der Waals surface area contributed by atoms with E-state index < -0.39 is 0 Å². The Balaban J connectivity index is 1.85. The first-order valence-corrected chi connectivity index (χ1v) is 8.98. The van der Waals surface area contributed by atoms with Gasteiger partial charge in [0.05, 0.1) is 6.04 Å². The van der Waals surface area contributed by atoms with Gasteiger partial charge in [0.15, 0.2) is 11.5 Å². The lowest BCUT2D eigenvalue weighted by atomic mass is 10.0. The van der Waals surface area contributed by atoms with Crippen LogP contribution in [0.5, 0.6) is 11.5 Å². The summed E-state index contributed by atoms with van der Waals surface area (Å²) in [7, 11) is 0. The van der Waals surface area contributed by atoms with Crippen LogP contribution >= 0.6 is 23.5 Å². The summed E-state index contributed by atoms with van der Waals surface area (Å²) in [6.07, 6.45) is 0. The van der Waals surface area contributed by atoms with Crippen molar-refractivity contribution < 1.29 is 9.47 Å². The average Bonchev–Trinajstić information content (AvgIpc) is 2.50. The predicted octanol–water partition coefficient (Wildman–Crippen LogP) is 2.20. The Labute approximate surface area is 128 Å². The van der Waals surface area contributed by atoms with Gasteiger partial charge in [-0.1, -0.05) is 13.0 Å². The molecule has 0 saturated carbocycles. The average molecular weight is 312 g/mol. The minimum Gasteiger partial charge on any atom is -0.486 e. The SMILES string of the molecule is CC1SCCSC1C(NN)c1ccc2c(c1)OCCO2. The molecule has 1 saturated heterocycles. The topological polar surface area (TPSA) is 56.5 Å². The Hall–Kier alpha value is -0.560. The first-order valence-electron chi connectivity index (χ1n) is 6.88. The normalized spacial score (nSPS) is 27.1. The van der Waals surface area contributed by atoms with E-state index >= 15 is 0 Å². The number of fused-ring (bicyclic) bond motifs is 1. The van der Waals surface area contributed by atoms with Crippen molar-refractivity contribution in [3.8, 4) is 11.5 Å². The number of rotatable bonds is 3. The van der Waals surface area contributed by atoms with Gasteiger partial charge in [-0.25, -0.2) is 0 Å². The molecule has 3 N–H and O–H groups in total. The highest BCUT2D eigenvalue weighted by atomic mass is 32.2. The van der Waals surface area contributed by atoms with E-state index in [1.54, 1.807) is 0 Å². The largest absolute Gasteiger partial charge is 0.486 e. The summed E-state index contributed by atoms with van der Waals surface area (Å²) in [5.74, 6) is 9.89. The number of hydrazine groups is 1. The zero-order valence-electron chi connectivity index (χ0n) is 11.5. The number of nitrogens with one attached hydrogen (secondary N) is 1. The molecule has 1 fully saturated rings. The quantitative estimate of drug-likeness (QED) is 0.659. The van der Waals surface area contributed by atoms with E-state index in [4.69, 9.17) is 15.3 Å². The van der Waals surface area contributed by atoms with E-state index in [0.717, 1.165) is 11.5 Å². The molecular formula is C14H20N2O2S2. The molecule has 0 radical (unpaired) electrons. The zero-order chi connectivity index (χ0) is 13.9. The molecule has 1 aromatic rings. The van der Waals surface area contributed by atoms with Gasteiger partial charge in [-0.3, -0.25) is 11.3 Å². The summed E-state index contributed by atoms with van der Waals surface area (Å²) in [5.41, 5.74) is 4.16. The second-order valence-corrected chi connectivity index (χ2v) is 7.73. The lowest BCUT2D eigenvalue weighted by molar-refractivity contribution is 0.171. The maximum absolute atomic E-state index is 5.83. The Kier molecular flexibility index (Phi) is 4.65. The molecule has 2 heterocycles. The third kappa shape index (κ3) is 2.88. The zero-order valence-corrected chi connectivity index (χ0v) is 13.1. The lowest BCUT2D eigenvalue weighted by Gasteiger charge is -2.34. The Morgan fingerprint density at radius 2 is 1.95 bits per heavy atom. The molecular weight excluding hydrogens is 292 g/mol. The molecule has 0 aromatic heterocycles. The van der Waals surface area contributed by atoms with Gasteiger partial charge in [0, 0.05) is 22.0 Å². The van der Waals surface area contributed by atoms with Gasteiger partial charge in [0.2, 0.25) is 0 Å². The number of nitrogens with two attached hydrogens (primary N) is 1.